The van der Waals surface area contributed by atoms with Crippen molar-refractivity contribution in [3.05, 3.63) is 23.0 Å². The molecule has 6 nitrogen and oxygen atoms in total. The molecule has 0 aliphatic carbocycles. The van der Waals surface area contributed by atoms with Gasteiger partial charge in [-0.25, -0.2) is 4.79 Å². The standard InChI is InChI=1S/C16H25ClN4O2/c1-16(2,3)23-15(22)20(4)13-6-5-9-21(11-13)10-12-7-8-14(17)19-18-12/h7-8,13H,5-6,9-11H2,1-4H3. The predicted octanol–water partition coefficient (Wildman–Crippen LogP) is 2.96. The zero-order valence-corrected chi connectivity index (χ0v) is 15.0. The quantitative estimate of drug-likeness (QED) is 0.846. The molecular weight excluding hydrogens is 316 g/mol. The van der Waals surface area contributed by atoms with Crippen LogP contribution in [0.2, 0.25) is 5.15 Å². The monoisotopic (exact) mass is 340 g/mol. The number of halogens is 1. The highest BCUT2D eigenvalue weighted by molar-refractivity contribution is 6.29. The van der Waals surface area contributed by atoms with Crippen molar-refractivity contribution in [3.63, 3.8) is 0 Å². The van der Waals surface area contributed by atoms with Crippen LogP contribution in [0.15, 0.2) is 12.1 Å². The molecule has 0 saturated carbocycles. The number of hydrogen-bond donors (Lipinski definition) is 0. The topological polar surface area (TPSA) is 58.6 Å². The van der Waals surface area contributed by atoms with Gasteiger partial charge in [-0.1, -0.05) is 11.6 Å². The predicted molar refractivity (Wildman–Crippen MR) is 89.3 cm³/mol. The van der Waals surface area contributed by atoms with Gasteiger partial charge in [0.2, 0.25) is 0 Å². The van der Waals surface area contributed by atoms with Gasteiger partial charge in [-0.2, -0.15) is 5.10 Å². The first kappa shape index (κ1) is 17.9. The summed E-state index contributed by atoms with van der Waals surface area (Å²) in [7, 11) is 1.81. The second-order valence-corrected chi connectivity index (χ2v) is 7.36. The number of hydrogen-bond acceptors (Lipinski definition) is 5. The van der Waals surface area contributed by atoms with E-state index in [1.807, 2.05) is 33.9 Å². The number of carbonyl (C=O) groups excluding carboxylic acids is 1. The van der Waals surface area contributed by atoms with E-state index in [0.717, 1.165) is 31.6 Å². The van der Waals surface area contributed by atoms with Crippen LogP contribution in [0, 0.1) is 0 Å². The molecule has 1 amide bonds. The number of nitrogens with zero attached hydrogens (tertiary/aromatic N) is 4. The minimum atomic E-state index is -0.474. The van der Waals surface area contributed by atoms with Crippen molar-refractivity contribution in [3.8, 4) is 0 Å². The maximum atomic E-state index is 12.2. The minimum absolute atomic E-state index is 0.152. The Morgan fingerprint density at radius 1 is 1.43 bits per heavy atom. The van der Waals surface area contributed by atoms with Gasteiger partial charge in [-0.3, -0.25) is 4.90 Å². The van der Waals surface area contributed by atoms with Crippen molar-refractivity contribution in [2.75, 3.05) is 20.1 Å². The Hall–Kier alpha value is -1.40. The highest BCUT2D eigenvalue weighted by Crippen LogP contribution is 2.19. The van der Waals surface area contributed by atoms with Crippen LogP contribution in [0.1, 0.15) is 39.3 Å². The maximum Gasteiger partial charge on any atom is 0.410 e. The van der Waals surface area contributed by atoms with Crippen LogP contribution in [0.5, 0.6) is 0 Å². The average molecular weight is 341 g/mol. The van der Waals surface area contributed by atoms with E-state index in [9.17, 15) is 4.79 Å². The summed E-state index contributed by atoms with van der Waals surface area (Å²) in [5.41, 5.74) is 0.411. The molecule has 1 saturated heterocycles. The molecule has 0 aromatic carbocycles. The van der Waals surface area contributed by atoms with E-state index in [0.29, 0.717) is 11.7 Å². The molecule has 0 spiro atoms. The van der Waals surface area contributed by atoms with E-state index in [4.69, 9.17) is 16.3 Å². The maximum absolute atomic E-state index is 12.2. The highest BCUT2D eigenvalue weighted by Gasteiger charge is 2.29. The largest absolute Gasteiger partial charge is 0.444 e. The summed E-state index contributed by atoms with van der Waals surface area (Å²) in [6.45, 7) is 8.15. The van der Waals surface area contributed by atoms with E-state index in [-0.39, 0.29) is 12.1 Å². The van der Waals surface area contributed by atoms with Crippen LogP contribution >= 0.6 is 11.6 Å². The van der Waals surface area contributed by atoms with E-state index in [2.05, 4.69) is 15.1 Å². The van der Waals surface area contributed by atoms with Gasteiger partial charge in [0, 0.05) is 26.2 Å². The second kappa shape index (κ2) is 7.45. The number of piperidine rings is 1. The second-order valence-electron chi connectivity index (χ2n) is 6.97. The normalized spacial score (nSPS) is 19.4. The Balaban J connectivity index is 1.92. The van der Waals surface area contributed by atoms with Gasteiger partial charge in [0.25, 0.3) is 0 Å². The van der Waals surface area contributed by atoms with Crippen LogP contribution in [0.3, 0.4) is 0 Å². The summed E-state index contributed by atoms with van der Waals surface area (Å²) < 4.78 is 5.45. The summed E-state index contributed by atoms with van der Waals surface area (Å²) in [4.78, 5) is 16.2. The molecule has 1 aliphatic heterocycles. The fourth-order valence-corrected chi connectivity index (χ4v) is 2.73. The first-order chi connectivity index (χ1) is 10.7. The van der Waals surface area contributed by atoms with Crippen molar-refractivity contribution >= 4 is 17.7 Å². The lowest BCUT2D eigenvalue weighted by Crippen LogP contribution is -2.49. The van der Waals surface area contributed by atoms with E-state index >= 15 is 0 Å². The molecule has 2 heterocycles. The molecule has 0 radical (unpaired) electrons. The third-order valence-corrected chi connectivity index (χ3v) is 3.98. The van der Waals surface area contributed by atoms with Gasteiger partial charge in [0.15, 0.2) is 5.15 Å². The van der Waals surface area contributed by atoms with Gasteiger partial charge in [0.05, 0.1) is 5.69 Å². The molecule has 1 fully saturated rings. The number of aromatic nitrogens is 2. The lowest BCUT2D eigenvalue weighted by atomic mass is 10.0. The van der Waals surface area contributed by atoms with Crippen LogP contribution in [-0.2, 0) is 11.3 Å². The van der Waals surface area contributed by atoms with Crippen LogP contribution in [0.4, 0.5) is 4.79 Å². The molecule has 128 valence electrons. The molecule has 1 unspecified atom stereocenters. The van der Waals surface area contributed by atoms with Gasteiger partial charge in [-0.15, -0.1) is 5.10 Å². The van der Waals surface area contributed by atoms with Gasteiger partial charge in [0.1, 0.15) is 5.60 Å². The molecule has 1 atom stereocenters. The lowest BCUT2D eigenvalue weighted by molar-refractivity contribution is 0.0129. The summed E-state index contributed by atoms with van der Waals surface area (Å²) in [5, 5.41) is 8.37. The van der Waals surface area contributed by atoms with E-state index < -0.39 is 5.60 Å². The van der Waals surface area contributed by atoms with Crippen molar-refractivity contribution in [2.24, 2.45) is 0 Å². The van der Waals surface area contributed by atoms with Crippen LogP contribution in [0.25, 0.3) is 0 Å². The summed E-state index contributed by atoms with van der Waals surface area (Å²) in [5.74, 6) is 0. The lowest BCUT2D eigenvalue weighted by Gasteiger charge is -2.37. The highest BCUT2D eigenvalue weighted by atomic mass is 35.5. The Bertz CT molecular complexity index is 530. The smallest absolute Gasteiger partial charge is 0.410 e. The zero-order valence-electron chi connectivity index (χ0n) is 14.3. The molecule has 0 bridgehead atoms. The van der Waals surface area contributed by atoms with Crippen LogP contribution < -0.4 is 0 Å². The molecular formula is C16H25ClN4O2. The first-order valence-corrected chi connectivity index (χ1v) is 8.28. The molecule has 1 aromatic heterocycles. The SMILES string of the molecule is CN(C(=O)OC(C)(C)C)C1CCCN(Cc2ccc(Cl)nn2)C1. The zero-order chi connectivity index (χ0) is 17.0. The summed E-state index contributed by atoms with van der Waals surface area (Å²) in [6.07, 6.45) is 1.76. The van der Waals surface area contributed by atoms with E-state index in [1.54, 1.807) is 11.0 Å². The summed E-state index contributed by atoms with van der Waals surface area (Å²) in [6, 6.07) is 3.79. The summed E-state index contributed by atoms with van der Waals surface area (Å²) >= 11 is 5.76. The Labute approximate surface area is 142 Å². The van der Waals surface area contributed by atoms with Crippen LogP contribution in [-0.4, -0.2) is 57.9 Å². The van der Waals surface area contributed by atoms with Crippen molar-refractivity contribution < 1.29 is 9.53 Å². The van der Waals surface area contributed by atoms with Crippen molar-refractivity contribution in [1.82, 2.24) is 20.0 Å². The Morgan fingerprint density at radius 3 is 2.78 bits per heavy atom. The number of rotatable bonds is 3. The molecule has 2 rings (SSSR count). The number of likely N-dealkylation sites (N-methyl/N-ethyl adjacent to an activating group) is 1. The minimum Gasteiger partial charge on any atom is -0.444 e. The third kappa shape index (κ3) is 5.62. The van der Waals surface area contributed by atoms with E-state index in [1.165, 1.54) is 0 Å². The Kier molecular flexibility index (Phi) is 5.81. The molecule has 7 heteroatoms. The number of amides is 1. The van der Waals surface area contributed by atoms with Gasteiger partial charge >= 0.3 is 6.09 Å². The third-order valence-electron chi connectivity index (χ3n) is 3.78. The fraction of sp³-hybridized carbons (Fsp3) is 0.688. The molecule has 1 aromatic rings. The molecule has 23 heavy (non-hydrogen) atoms. The first-order valence-electron chi connectivity index (χ1n) is 7.91. The van der Waals surface area contributed by atoms with Gasteiger partial charge < -0.3 is 9.64 Å². The van der Waals surface area contributed by atoms with Crippen molar-refractivity contribution in [2.45, 2.75) is 51.8 Å². The molecule has 0 N–H and O–H groups in total. The number of carbonyl (C=O) groups is 1. The van der Waals surface area contributed by atoms with Crippen molar-refractivity contribution in [1.29, 1.82) is 0 Å². The average Bonchev–Trinajstić information content (AvgIpc) is 2.47. The van der Waals surface area contributed by atoms with Gasteiger partial charge in [-0.05, 0) is 52.3 Å². The Morgan fingerprint density at radius 2 is 2.17 bits per heavy atom. The number of likely N-dealkylation sites (tertiary alicyclic amines) is 1. The molecule has 1 aliphatic rings. The number of ether oxygens (including phenoxy) is 1. The fourth-order valence-electron chi connectivity index (χ4n) is 2.63.